The van der Waals surface area contributed by atoms with Gasteiger partial charge in [-0.1, -0.05) is 220 Å². The van der Waals surface area contributed by atoms with Gasteiger partial charge in [-0.15, -0.1) is 0 Å². The summed E-state index contributed by atoms with van der Waals surface area (Å²) in [6.07, 6.45) is 54.6. The van der Waals surface area contributed by atoms with Crippen molar-refractivity contribution in [3.8, 4) is 0 Å². The smallest absolute Gasteiger partial charge is 0.247 e. The molecule has 0 saturated carbocycles. The van der Waals surface area contributed by atoms with E-state index < -0.39 is 0 Å². The molecule has 1 aromatic heterocycles. The maximum Gasteiger partial charge on any atom is 0.257 e. The highest BCUT2D eigenvalue weighted by molar-refractivity contribution is 4.90. The molecule has 46 heavy (non-hydrogen) atoms. The van der Waals surface area contributed by atoms with Crippen LogP contribution < -0.4 is 4.57 Å². The van der Waals surface area contributed by atoms with Crippen molar-refractivity contribution in [2.45, 2.75) is 264 Å². The van der Waals surface area contributed by atoms with Gasteiger partial charge >= 0.3 is 0 Å². The molecule has 0 spiro atoms. The van der Waals surface area contributed by atoms with Crippen LogP contribution in [0.3, 0.4) is 0 Å². The first kappa shape index (κ1) is 43.2. The quantitative estimate of drug-likeness (QED) is 0.0550. The van der Waals surface area contributed by atoms with Crippen LogP contribution in [-0.4, -0.2) is 4.98 Å². The summed E-state index contributed by atoms with van der Waals surface area (Å²) in [5, 5.41) is 0. The highest BCUT2D eigenvalue weighted by atomic mass is 15.1. The van der Waals surface area contributed by atoms with Gasteiger partial charge in [-0.2, -0.15) is 0 Å². The summed E-state index contributed by atoms with van der Waals surface area (Å²) in [5.41, 5.74) is 0. The molecule has 0 aliphatic heterocycles. The first-order chi connectivity index (χ1) is 22.7. The van der Waals surface area contributed by atoms with Crippen LogP contribution in [0.5, 0.6) is 0 Å². The van der Waals surface area contributed by atoms with Crippen molar-refractivity contribution in [1.82, 2.24) is 4.98 Å². The minimum absolute atomic E-state index is 0.618. The normalized spacial score (nSPS) is 13.0. The number of nitrogens with zero attached hydrogens (tertiary/aromatic N) is 1. The number of hydrogen-bond acceptors (Lipinski definition) is 0. The SMILES string of the molecule is CCCCCCCCCCCCCCCC(CCCCCCCCCCCCC)c1[nH]cc[n+]1C(C)CCCCCCCCCC. The number of hydrogen-bond donors (Lipinski definition) is 1. The first-order valence-electron chi connectivity index (χ1n) is 21.8. The van der Waals surface area contributed by atoms with Gasteiger partial charge in [-0.3, -0.25) is 0 Å². The molecule has 2 unspecified atom stereocenters. The second-order valence-corrected chi connectivity index (χ2v) is 15.4. The topological polar surface area (TPSA) is 19.7 Å². The van der Waals surface area contributed by atoms with E-state index in [1.54, 1.807) is 0 Å². The Labute approximate surface area is 291 Å². The molecule has 272 valence electrons. The summed E-state index contributed by atoms with van der Waals surface area (Å²) in [6.45, 7) is 9.42. The summed E-state index contributed by atoms with van der Waals surface area (Å²) in [4.78, 5) is 3.77. The number of rotatable bonds is 37. The van der Waals surface area contributed by atoms with Crippen molar-refractivity contribution in [2.24, 2.45) is 0 Å². The fourth-order valence-corrected chi connectivity index (χ4v) is 7.66. The molecular weight excluding hydrogens is 556 g/mol. The van der Waals surface area contributed by atoms with E-state index in [9.17, 15) is 0 Å². The van der Waals surface area contributed by atoms with E-state index in [1.165, 1.54) is 231 Å². The zero-order valence-corrected chi connectivity index (χ0v) is 32.5. The summed E-state index contributed by atoms with van der Waals surface area (Å²) >= 11 is 0. The van der Waals surface area contributed by atoms with E-state index >= 15 is 0 Å². The van der Waals surface area contributed by atoms with Crippen molar-refractivity contribution in [3.63, 3.8) is 0 Å². The van der Waals surface area contributed by atoms with Crippen LogP contribution in [-0.2, 0) is 0 Å². The lowest BCUT2D eigenvalue weighted by Gasteiger charge is -2.17. The summed E-state index contributed by atoms with van der Waals surface area (Å²) in [6, 6.07) is 0.618. The third-order valence-electron chi connectivity index (χ3n) is 10.9. The minimum atomic E-state index is 0.618. The van der Waals surface area contributed by atoms with E-state index in [1.807, 2.05) is 0 Å². The lowest BCUT2D eigenvalue weighted by atomic mass is 9.92. The van der Waals surface area contributed by atoms with Gasteiger partial charge in [0.2, 0.25) is 0 Å². The average Bonchev–Trinajstić information content (AvgIpc) is 3.56. The van der Waals surface area contributed by atoms with Gasteiger partial charge in [-0.25, -0.2) is 9.55 Å². The zero-order valence-electron chi connectivity index (χ0n) is 32.5. The Balaban J connectivity index is 2.40. The molecule has 0 bridgehead atoms. The average molecular weight is 644 g/mol. The van der Waals surface area contributed by atoms with E-state index in [2.05, 4.69) is 49.6 Å². The van der Waals surface area contributed by atoms with Crippen LogP contribution in [0.15, 0.2) is 12.4 Å². The van der Waals surface area contributed by atoms with Crippen molar-refractivity contribution >= 4 is 0 Å². The maximum atomic E-state index is 3.77. The fraction of sp³-hybridized carbons (Fsp3) is 0.932. The van der Waals surface area contributed by atoms with E-state index in [0.717, 1.165) is 0 Å². The third-order valence-corrected chi connectivity index (χ3v) is 10.9. The van der Waals surface area contributed by atoms with Crippen molar-refractivity contribution < 1.29 is 4.57 Å². The molecule has 1 rings (SSSR count). The molecule has 1 N–H and O–H groups in total. The Kier molecular flexibility index (Phi) is 32.0. The third kappa shape index (κ3) is 25.3. The molecule has 2 atom stereocenters. The number of imidazole rings is 1. The monoisotopic (exact) mass is 644 g/mol. The Morgan fingerprint density at radius 1 is 0.413 bits per heavy atom. The van der Waals surface area contributed by atoms with Crippen LogP contribution in [0.25, 0.3) is 0 Å². The van der Waals surface area contributed by atoms with Crippen LogP contribution in [0.4, 0.5) is 0 Å². The van der Waals surface area contributed by atoms with E-state index in [-0.39, 0.29) is 0 Å². The predicted molar refractivity (Wildman–Crippen MR) is 207 cm³/mol. The predicted octanol–water partition coefficient (Wildman–Crippen LogP) is 15.7. The van der Waals surface area contributed by atoms with Gasteiger partial charge < -0.3 is 0 Å². The van der Waals surface area contributed by atoms with Gasteiger partial charge in [0.1, 0.15) is 12.4 Å². The molecule has 0 aromatic carbocycles. The molecule has 1 heterocycles. The van der Waals surface area contributed by atoms with Crippen LogP contribution in [0.2, 0.25) is 0 Å². The Hall–Kier alpha value is -0.790. The fourth-order valence-electron chi connectivity index (χ4n) is 7.66. The van der Waals surface area contributed by atoms with Crippen LogP contribution in [0.1, 0.15) is 270 Å². The molecule has 1 aromatic rings. The van der Waals surface area contributed by atoms with Gasteiger partial charge in [0.15, 0.2) is 0 Å². The Bertz CT molecular complexity index is 709. The highest BCUT2D eigenvalue weighted by Crippen LogP contribution is 2.27. The van der Waals surface area contributed by atoms with Crippen molar-refractivity contribution in [2.75, 3.05) is 0 Å². The Morgan fingerprint density at radius 3 is 1.02 bits per heavy atom. The molecular formula is C44H87N2+. The van der Waals surface area contributed by atoms with Gasteiger partial charge in [0.05, 0.1) is 12.0 Å². The van der Waals surface area contributed by atoms with Crippen LogP contribution in [0, 0.1) is 0 Å². The van der Waals surface area contributed by atoms with Crippen molar-refractivity contribution in [3.05, 3.63) is 18.2 Å². The van der Waals surface area contributed by atoms with E-state index in [4.69, 9.17) is 0 Å². The molecule has 0 radical (unpaired) electrons. The van der Waals surface area contributed by atoms with Gasteiger partial charge in [0.25, 0.3) is 5.82 Å². The molecule has 0 aliphatic carbocycles. The zero-order chi connectivity index (χ0) is 33.2. The van der Waals surface area contributed by atoms with Gasteiger partial charge in [-0.05, 0) is 32.6 Å². The summed E-state index contributed by atoms with van der Waals surface area (Å²) < 4.78 is 2.65. The molecule has 0 fully saturated rings. The molecule has 0 aliphatic rings. The number of nitrogens with one attached hydrogen (secondary N) is 1. The van der Waals surface area contributed by atoms with Crippen molar-refractivity contribution in [1.29, 1.82) is 0 Å². The summed E-state index contributed by atoms with van der Waals surface area (Å²) in [7, 11) is 0. The standard InChI is InChI=1S/C44H86N2/c1-5-8-11-14-17-20-22-23-25-27-30-33-36-39-43(38-35-32-29-26-24-21-18-15-12-9-6-2)44-45-40-41-46(44)42(4)37-34-31-28-19-16-13-10-7-3/h40-43H,5-39H2,1-4H3/p+1. The summed E-state index contributed by atoms with van der Waals surface area (Å²) in [5.74, 6) is 2.25. The van der Waals surface area contributed by atoms with Gasteiger partial charge in [0, 0.05) is 0 Å². The largest absolute Gasteiger partial charge is 0.257 e. The second kappa shape index (κ2) is 34.1. The lowest BCUT2D eigenvalue weighted by molar-refractivity contribution is -0.727. The van der Waals surface area contributed by atoms with Crippen LogP contribution >= 0.6 is 0 Å². The number of H-pyrrole nitrogens is 1. The lowest BCUT2D eigenvalue weighted by Crippen LogP contribution is -2.41. The maximum absolute atomic E-state index is 3.77. The molecule has 0 saturated heterocycles. The molecule has 0 amide bonds. The number of aromatic nitrogens is 2. The molecule has 2 heteroatoms. The van der Waals surface area contributed by atoms with E-state index in [0.29, 0.717) is 12.0 Å². The highest BCUT2D eigenvalue weighted by Gasteiger charge is 2.25. The Morgan fingerprint density at radius 2 is 0.696 bits per heavy atom. The molecule has 2 nitrogen and oxygen atoms in total. The first-order valence-corrected chi connectivity index (χ1v) is 21.8. The number of aromatic amines is 1. The number of unbranched alkanes of at least 4 members (excludes halogenated alkanes) is 29. The minimum Gasteiger partial charge on any atom is -0.247 e. The second-order valence-electron chi connectivity index (χ2n) is 15.4.